The van der Waals surface area contributed by atoms with Gasteiger partial charge in [-0.2, -0.15) is 0 Å². The second-order valence-electron chi connectivity index (χ2n) is 10.1. The minimum atomic E-state index is -1.13. The lowest BCUT2D eigenvalue weighted by atomic mass is 9.78. The Kier molecular flexibility index (Phi) is 6.37. The van der Waals surface area contributed by atoms with E-state index < -0.39 is 59.9 Å². The van der Waals surface area contributed by atoms with E-state index in [-0.39, 0.29) is 12.6 Å². The Bertz CT molecular complexity index is 774. The van der Waals surface area contributed by atoms with Crippen molar-refractivity contribution in [1.29, 1.82) is 0 Å². The Morgan fingerprint density at radius 3 is 2.52 bits per heavy atom. The van der Waals surface area contributed by atoms with Gasteiger partial charge in [0.15, 0.2) is 12.2 Å². The van der Waals surface area contributed by atoms with Gasteiger partial charge in [-0.3, -0.25) is 19.3 Å². The summed E-state index contributed by atoms with van der Waals surface area (Å²) in [4.78, 5) is 40.3. The van der Waals surface area contributed by atoms with E-state index in [1.54, 1.807) is 13.8 Å². The lowest BCUT2D eigenvalue weighted by molar-refractivity contribution is -0.241. The Hall–Kier alpha value is -1.75. The van der Waals surface area contributed by atoms with Gasteiger partial charge in [0, 0.05) is 26.9 Å². The molecule has 0 radical (unpaired) electrons. The van der Waals surface area contributed by atoms with Crippen LogP contribution in [0.2, 0.25) is 0 Å². The predicted octanol–water partition coefficient (Wildman–Crippen LogP) is 0.798. The highest BCUT2D eigenvalue weighted by molar-refractivity contribution is 5.87. The highest BCUT2D eigenvalue weighted by atomic mass is 16.7. The lowest BCUT2D eigenvalue weighted by Gasteiger charge is -2.34. The van der Waals surface area contributed by atoms with Gasteiger partial charge in [-0.25, -0.2) is 0 Å². The first kappa shape index (κ1) is 23.0. The zero-order chi connectivity index (χ0) is 23.2. The van der Waals surface area contributed by atoms with Gasteiger partial charge in [-0.1, -0.05) is 19.3 Å². The summed E-state index contributed by atoms with van der Waals surface area (Å²) in [7, 11) is 0. The molecule has 10 heteroatoms. The van der Waals surface area contributed by atoms with Crippen LogP contribution in [0, 0.1) is 11.8 Å². The van der Waals surface area contributed by atoms with E-state index in [1.165, 1.54) is 6.42 Å². The van der Waals surface area contributed by atoms with Crippen LogP contribution in [0.1, 0.15) is 46.0 Å². The van der Waals surface area contributed by atoms with E-state index in [9.17, 15) is 14.4 Å². The van der Waals surface area contributed by atoms with Crippen LogP contribution >= 0.6 is 0 Å². The number of nitrogens with zero attached hydrogens (tertiary/aromatic N) is 1. The Balaban J connectivity index is 1.23. The Morgan fingerprint density at radius 1 is 1.06 bits per heavy atom. The van der Waals surface area contributed by atoms with E-state index >= 15 is 0 Å². The number of fused-ring (bicyclic) bond motifs is 1. The maximum atomic E-state index is 13.2. The first-order chi connectivity index (χ1) is 15.8. The largest absolute Gasteiger partial charge is 0.455 e. The number of ether oxygens (including phenoxy) is 6. The summed E-state index contributed by atoms with van der Waals surface area (Å²) in [5.74, 6) is -4.30. The summed E-state index contributed by atoms with van der Waals surface area (Å²) in [5.41, 5.74) is 0. The van der Waals surface area contributed by atoms with E-state index in [0.717, 1.165) is 25.7 Å². The van der Waals surface area contributed by atoms with Gasteiger partial charge in [0.1, 0.15) is 24.0 Å². The van der Waals surface area contributed by atoms with Crippen LogP contribution in [-0.4, -0.2) is 92.0 Å². The molecule has 0 spiro atoms. The molecule has 5 aliphatic rings. The third kappa shape index (κ3) is 4.62. The molecular formula is C23H33NO9. The van der Waals surface area contributed by atoms with Crippen molar-refractivity contribution in [3.05, 3.63) is 0 Å². The molecule has 4 saturated heterocycles. The first-order valence-corrected chi connectivity index (χ1v) is 12.1. The van der Waals surface area contributed by atoms with Crippen LogP contribution in [0.4, 0.5) is 0 Å². The summed E-state index contributed by atoms with van der Waals surface area (Å²) >= 11 is 0. The molecule has 2 bridgehead atoms. The maximum absolute atomic E-state index is 13.2. The van der Waals surface area contributed by atoms with Crippen molar-refractivity contribution in [3.63, 3.8) is 0 Å². The van der Waals surface area contributed by atoms with Crippen LogP contribution in [0.5, 0.6) is 0 Å². The SMILES string of the molecule is CC(C)(OC(=O)C1C2OC3C(OC(=O)C31)C2OC(=O)CN1CCOCC1)OC1CCCCC1. The molecule has 0 amide bonds. The summed E-state index contributed by atoms with van der Waals surface area (Å²) in [6.07, 6.45) is 2.43. The second kappa shape index (κ2) is 9.13. The molecule has 5 fully saturated rings. The third-order valence-electron chi connectivity index (χ3n) is 7.25. The molecule has 6 unspecified atom stereocenters. The molecule has 4 aliphatic heterocycles. The molecule has 6 atom stereocenters. The normalized spacial score (nSPS) is 36.6. The standard InChI is InChI=1S/C23H33NO9/c1-23(2,32-13-6-4-3-5-7-13)33-22(27)16-15-17-20(31-21(15)26)19(18(16)30-17)29-14(25)12-24-8-10-28-11-9-24/h13,15-20H,3-12H2,1-2H3. The van der Waals surface area contributed by atoms with Crippen molar-refractivity contribution < 1.29 is 42.8 Å². The van der Waals surface area contributed by atoms with Gasteiger partial charge >= 0.3 is 17.9 Å². The van der Waals surface area contributed by atoms with Crippen LogP contribution in [-0.2, 0) is 42.8 Å². The molecule has 5 rings (SSSR count). The number of carbonyl (C=O) groups excluding carboxylic acids is 3. The molecule has 0 aromatic heterocycles. The summed E-state index contributed by atoms with van der Waals surface area (Å²) < 4.78 is 34.2. The molecule has 1 saturated carbocycles. The number of morpholine rings is 1. The molecule has 184 valence electrons. The van der Waals surface area contributed by atoms with Gasteiger partial charge in [0.25, 0.3) is 0 Å². The fraction of sp³-hybridized carbons (Fsp3) is 0.870. The van der Waals surface area contributed by atoms with E-state index in [2.05, 4.69) is 0 Å². The molecule has 1 aliphatic carbocycles. The third-order valence-corrected chi connectivity index (χ3v) is 7.25. The van der Waals surface area contributed by atoms with Crippen LogP contribution < -0.4 is 0 Å². The van der Waals surface area contributed by atoms with E-state index in [4.69, 9.17) is 28.4 Å². The number of carbonyl (C=O) groups is 3. The van der Waals surface area contributed by atoms with Crippen molar-refractivity contribution in [2.24, 2.45) is 11.8 Å². The van der Waals surface area contributed by atoms with E-state index in [1.807, 2.05) is 4.90 Å². The predicted molar refractivity (Wildman–Crippen MR) is 111 cm³/mol. The van der Waals surface area contributed by atoms with Crippen molar-refractivity contribution in [1.82, 2.24) is 4.90 Å². The minimum absolute atomic E-state index is 0.0487. The zero-order valence-electron chi connectivity index (χ0n) is 19.2. The molecule has 0 aromatic rings. The number of esters is 3. The fourth-order valence-electron chi connectivity index (χ4n) is 5.79. The topological polar surface area (TPSA) is 110 Å². The molecular weight excluding hydrogens is 434 g/mol. The van der Waals surface area contributed by atoms with Gasteiger partial charge in [0.05, 0.1) is 25.9 Å². The monoisotopic (exact) mass is 467 g/mol. The highest BCUT2D eigenvalue weighted by Crippen LogP contribution is 2.51. The van der Waals surface area contributed by atoms with Crippen molar-refractivity contribution in [3.8, 4) is 0 Å². The van der Waals surface area contributed by atoms with Crippen molar-refractivity contribution in [2.45, 2.75) is 82.3 Å². The van der Waals surface area contributed by atoms with Gasteiger partial charge in [0.2, 0.25) is 5.79 Å². The van der Waals surface area contributed by atoms with Gasteiger partial charge in [-0.15, -0.1) is 0 Å². The molecule has 10 nitrogen and oxygen atoms in total. The average Bonchev–Trinajstić information content (AvgIpc) is 3.38. The average molecular weight is 468 g/mol. The highest BCUT2D eigenvalue weighted by Gasteiger charge is 2.72. The summed E-state index contributed by atoms with van der Waals surface area (Å²) in [6, 6.07) is 0. The smallest absolute Gasteiger partial charge is 0.320 e. The second-order valence-corrected chi connectivity index (χ2v) is 10.1. The van der Waals surface area contributed by atoms with E-state index in [0.29, 0.717) is 26.3 Å². The van der Waals surface area contributed by atoms with Gasteiger partial charge in [-0.05, 0) is 12.8 Å². The Labute approximate surface area is 193 Å². The first-order valence-electron chi connectivity index (χ1n) is 12.1. The summed E-state index contributed by atoms with van der Waals surface area (Å²) in [5, 5.41) is 0. The lowest BCUT2D eigenvalue weighted by Crippen LogP contribution is -2.50. The molecule has 0 N–H and O–H groups in total. The quantitative estimate of drug-likeness (QED) is 0.303. The van der Waals surface area contributed by atoms with Crippen molar-refractivity contribution in [2.75, 3.05) is 32.8 Å². The number of hydrogen-bond donors (Lipinski definition) is 0. The number of hydrogen-bond acceptors (Lipinski definition) is 10. The van der Waals surface area contributed by atoms with Crippen LogP contribution in [0.25, 0.3) is 0 Å². The van der Waals surface area contributed by atoms with Crippen molar-refractivity contribution >= 4 is 17.9 Å². The number of rotatable bonds is 7. The van der Waals surface area contributed by atoms with Crippen LogP contribution in [0.15, 0.2) is 0 Å². The maximum Gasteiger partial charge on any atom is 0.320 e. The Morgan fingerprint density at radius 2 is 1.79 bits per heavy atom. The molecule has 4 heterocycles. The minimum Gasteiger partial charge on any atom is -0.455 e. The molecule has 0 aromatic carbocycles. The van der Waals surface area contributed by atoms with Gasteiger partial charge < -0.3 is 28.4 Å². The fourth-order valence-corrected chi connectivity index (χ4v) is 5.79. The van der Waals surface area contributed by atoms with Crippen LogP contribution in [0.3, 0.4) is 0 Å². The summed E-state index contributed by atoms with van der Waals surface area (Å²) in [6.45, 7) is 5.96. The zero-order valence-corrected chi connectivity index (χ0v) is 19.2. The molecule has 33 heavy (non-hydrogen) atoms.